The Hall–Kier alpha value is -4.21. The molecule has 0 unspecified atom stereocenters. The predicted molar refractivity (Wildman–Crippen MR) is 130 cm³/mol. The molecule has 2 N–H and O–H groups in total. The number of benzene rings is 2. The summed E-state index contributed by atoms with van der Waals surface area (Å²) in [5.41, 5.74) is 0.717. The van der Waals surface area contributed by atoms with Crippen LogP contribution in [0.5, 0.6) is 5.75 Å². The fourth-order valence-electron chi connectivity index (χ4n) is 5.67. The minimum absolute atomic E-state index is 0.0294. The van der Waals surface area contributed by atoms with E-state index in [4.69, 9.17) is 4.74 Å². The third-order valence-electron chi connectivity index (χ3n) is 7.32. The van der Waals surface area contributed by atoms with Gasteiger partial charge in [0.25, 0.3) is 5.69 Å². The number of hydrogen-bond acceptors (Lipinski definition) is 6. The van der Waals surface area contributed by atoms with E-state index >= 15 is 0 Å². The third-order valence-corrected chi connectivity index (χ3v) is 7.32. The minimum atomic E-state index is -0.929. The van der Waals surface area contributed by atoms with Crippen molar-refractivity contribution in [1.29, 1.82) is 0 Å². The van der Waals surface area contributed by atoms with Crippen LogP contribution in [0.3, 0.4) is 0 Å². The summed E-state index contributed by atoms with van der Waals surface area (Å²) in [6, 6.07) is 12.4. The first-order valence-corrected chi connectivity index (χ1v) is 11.9. The van der Waals surface area contributed by atoms with Gasteiger partial charge in [-0.1, -0.05) is 42.5 Å². The number of nitro groups is 1. The van der Waals surface area contributed by atoms with E-state index in [2.05, 4.69) is 10.6 Å². The van der Waals surface area contributed by atoms with Crippen molar-refractivity contribution in [2.24, 2.45) is 23.7 Å². The van der Waals surface area contributed by atoms with E-state index < -0.39 is 29.0 Å². The molecule has 186 valence electrons. The van der Waals surface area contributed by atoms with Gasteiger partial charge in [-0.05, 0) is 36.3 Å². The number of rotatable bonds is 7. The molecule has 6 rings (SSSR count). The number of nitrogens with one attached hydrogen (secondary N) is 2. The molecule has 5 atom stereocenters. The van der Waals surface area contributed by atoms with E-state index in [-0.39, 0.29) is 47.2 Å². The van der Waals surface area contributed by atoms with Crippen molar-refractivity contribution >= 4 is 29.2 Å². The molecule has 3 aliphatic carbocycles. The molecule has 2 fully saturated rings. The van der Waals surface area contributed by atoms with Gasteiger partial charge in [-0.25, -0.2) is 4.79 Å². The molecule has 10 nitrogen and oxygen atoms in total. The normalized spacial score (nSPS) is 24.9. The number of nitrogens with zero attached hydrogens (tertiary/aromatic N) is 2. The molecule has 2 bridgehead atoms. The average molecular weight is 491 g/mol. The minimum Gasteiger partial charge on any atom is -0.495 e. The highest BCUT2D eigenvalue weighted by Gasteiger charge is 2.58. The van der Waals surface area contributed by atoms with Crippen LogP contribution in [0.25, 0.3) is 0 Å². The number of non-ortho nitro benzene ring substituents is 1. The number of carbonyl (C=O) groups excluding carboxylic acids is 3. The maximum atomic E-state index is 13.5. The number of methoxy groups -OCH3 is 1. The second-order valence-electron chi connectivity index (χ2n) is 9.33. The summed E-state index contributed by atoms with van der Waals surface area (Å²) in [5, 5.41) is 16.5. The molecule has 4 amide bonds. The summed E-state index contributed by atoms with van der Waals surface area (Å²) in [6.45, 7) is 0. The molecule has 1 saturated carbocycles. The van der Waals surface area contributed by atoms with Crippen LogP contribution in [0.1, 0.15) is 18.4 Å². The van der Waals surface area contributed by atoms with Gasteiger partial charge in [-0.2, -0.15) is 0 Å². The lowest BCUT2D eigenvalue weighted by Gasteiger charge is -2.38. The maximum absolute atomic E-state index is 13.5. The largest absolute Gasteiger partial charge is 0.495 e. The Morgan fingerprint density at radius 2 is 1.72 bits per heavy atom. The highest BCUT2D eigenvalue weighted by molar-refractivity contribution is 6.06. The summed E-state index contributed by atoms with van der Waals surface area (Å²) >= 11 is 0. The second-order valence-corrected chi connectivity index (χ2v) is 9.33. The number of nitro benzene ring substituents is 1. The van der Waals surface area contributed by atoms with Gasteiger partial charge in [0.15, 0.2) is 0 Å². The standard InChI is InChI=1S/C26H26N4O6/c1-36-20-12-11-18(30(34)35)14-19(20)27-26(33)28-21(13-15-5-3-2-4-6-15)29-24(31)22-16-7-8-17(10-9-16)23(22)25(29)32/h2-8,11-12,14,16-17,21-23H,9-10,13H2,1H3,(H2,27,28,33)/t16-,17-,21-,22-,23-/m0/s1. The van der Waals surface area contributed by atoms with Crippen molar-refractivity contribution in [3.05, 3.63) is 76.4 Å². The van der Waals surface area contributed by atoms with E-state index in [1.807, 2.05) is 42.5 Å². The van der Waals surface area contributed by atoms with Gasteiger partial charge < -0.3 is 15.4 Å². The highest BCUT2D eigenvalue weighted by Crippen LogP contribution is 2.50. The van der Waals surface area contributed by atoms with Gasteiger partial charge in [-0.15, -0.1) is 0 Å². The van der Waals surface area contributed by atoms with Crippen molar-refractivity contribution in [3.8, 4) is 5.75 Å². The molecule has 0 radical (unpaired) electrons. The first-order chi connectivity index (χ1) is 17.4. The Morgan fingerprint density at radius 1 is 1.08 bits per heavy atom. The quantitative estimate of drug-likeness (QED) is 0.264. The Morgan fingerprint density at radius 3 is 2.28 bits per heavy atom. The summed E-state index contributed by atoms with van der Waals surface area (Å²) in [4.78, 5) is 52.0. The molecule has 1 saturated heterocycles. The van der Waals surface area contributed by atoms with Crippen molar-refractivity contribution < 1.29 is 24.0 Å². The van der Waals surface area contributed by atoms with Crippen LogP contribution < -0.4 is 15.4 Å². The van der Waals surface area contributed by atoms with Crippen molar-refractivity contribution in [2.45, 2.75) is 25.4 Å². The van der Waals surface area contributed by atoms with Crippen molar-refractivity contribution in [1.82, 2.24) is 10.2 Å². The summed E-state index contributed by atoms with van der Waals surface area (Å²) in [7, 11) is 1.38. The van der Waals surface area contributed by atoms with Crippen LogP contribution in [0.4, 0.5) is 16.2 Å². The van der Waals surface area contributed by atoms with Gasteiger partial charge in [0.2, 0.25) is 11.8 Å². The van der Waals surface area contributed by atoms with Gasteiger partial charge in [0.1, 0.15) is 11.9 Å². The fourth-order valence-corrected chi connectivity index (χ4v) is 5.67. The second kappa shape index (κ2) is 9.44. The van der Waals surface area contributed by atoms with Gasteiger partial charge in [-0.3, -0.25) is 24.6 Å². The Balaban J connectivity index is 1.41. The Bertz CT molecular complexity index is 1210. The lowest BCUT2D eigenvalue weighted by Crippen LogP contribution is -2.53. The molecule has 1 aliphatic heterocycles. The van der Waals surface area contributed by atoms with Crippen LogP contribution in [-0.4, -0.2) is 40.9 Å². The van der Waals surface area contributed by atoms with E-state index in [1.165, 1.54) is 30.2 Å². The average Bonchev–Trinajstić information content (AvgIpc) is 3.17. The predicted octanol–water partition coefficient (Wildman–Crippen LogP) is 3.49. The van der Waals surface area contributed by atoms with Crippen LogP contribution in [0.2, 0.25) is 0 Å². The number of anilines is 1. The number of hydrogen-bond donors (Lipinski definition) is 2. The monoisotopic (exact) mass is 490 g/mol. The number of fused-ring (bicyclic) bond motifs is 1. The molecule has 1 heterocycles. The molecule has 2 aromatic rings. The highest BCUT2D eigenvalue weighted by atomic mass is 16.6. The molecule has 0 spiro atoms. The summed E-state index contributed by atoms with van der Waals surface area (Å²) in [5.74, 6) is -1.04. The van der Waals surface area contributed by atoms with Crippen LogP contribution >= 0.6 is 0 Å². The molecular formula is C26H26N4O6. The third kappa shape index (κ3) is 4.19. The number of urea groups is 1. The first kappa shape index (κ1) is 23.5. The number of carbonyl (C=O) groups is 3. The summed E-state index contributed by atoms with van der Waals surface area (Å²) < 4.78 is 5.22. The van der Waals surface area contributed by atoms with Crippen LogP contribution in [0, 0.1) is 33.8 Å². The molecule has 0 aromatic heterocycles. The smallest absolute Gasteiger partial charge is 0.320 e. The number of allylic oxidation sites excluding steroid dienone is 2. The van der Waals surface area contributed by atoms with E-state index in [9.17, 15) is 24.5 Å². The van der Waals surface area contributed by atoms with Gasteiger partial charge >= 0.3 is 6.03 Å². The molecular weight excluding hydrogens is 464 g/mol. The van der Waals surface area contributed by atoms with Crippen molar-refractivity contribution in [3.63, 3.8) is 0 Å². The van der Waals surface area contributed by atoms with Gasteiger partial charge in [0.05, 0.1) is 29.6 Å². The van der Waals surface area contributed by atoms with E-state index in [0.29, 0.717) is 0 Å². The maximum Gasteiger partial charge on any atom is 0.320 e. The topological polar surface area (TPSA) is 131 Å². The zero-order chi connectivity index (χ0) is 25.4. The first-order valence-electron chi connectivity index (χ1n) is 11.9. The molecule has 10 heteroatoms. The Labute approximate surface area is 207 Å². The van der Waals surface area contributed by atoms with Crippen LogP contribution in [0.15, 0.2) is 60.7 Å². The number of likely N-dealkylation sites (tertiary alicyclic amines) is 1. The zero-order valence-electron chi connectivity index (χ0n) is 19.6. The molecule has 36 heavy (non-hydrogen) atoms. The van der Waals surface area contributed by atoms with E-state index in [1.54, 1.807) is 0 Å². The summed E-state index contributed by atoms with van der Waals surface area (Å²) in [6.07, 6.45) is 5.13. The Kier molecular flexibility index (Phi) is 6.17. The van der Waals surface area contributed by atoms with Crippen LogP contribution in [-0.2, 0) is 16.0 Å². The van der Waals surface area contributed by atoms with E-state index in [0.717, 1.165) is 18.4 Å². The fraction of sp³-hybridized carbons (Fsp3) is 0.346. The lowest BCUT2D eigenvalue weighted by atomic mass is 9.63. The molecule has 2 aromatic carbocycles. The number of imide groups is 1. The van der Waals surface area contributed by atoms with Gasteiger partial charge in [0, 0.05) is 18.6 Å². The number of ether oxygens (including phenoxy) is 1. The number of amides is 4. The molecule has 4 aliphatic rings. The SMILES string of the molecule is COc1ccc([N+](=O)[O-])cc1NC(=O)N[C@H](Cc1ccccc1)N1C(=O)[C@@H]2[C@@H](C1=O)[C@H]1C=C[C@H]2CC1. The zero-order valence-corrected chi connectivity index (χ0v) is 19.6. The van der Waals surface area contributed by atoms with Crippen molar-refractivity contribution in [2.75, 3.05) is 12.4 Å². The lowest BCUT2D eigenvalue weighted by molar-refractivity contribution is -0.384.